The zero-order valence-corrected chi connectivity index (χ0v) is 9.12. The van der Waals surface area contributed by atoms with Crippen molar-refractivity contribution in [2.45, 2.75) is 13.3 Å². The lowest BCUT2D eigenvalue weighted by molar-refractivity contribution is 0.475. The number of nitrogen functional groups attached to an aromatic ring is 1. The average molecular weight is 221 g/mol. The standard InChI is InChI=1S/C10H11N3OS/c1-2-7-3-4-9(8(11)5-7)14-10-13-12-6-15-10/h3-6H,2,11H2,1H3. The van der Waals surface area contributed by atoms with Gasteiger partial charge in [-0.3, -0.25) is 0 Å². The van der Waals surface area contributed by atoms with Gasteiger partial charge >= 0.3 is 0 Å². The predicted molar refractivity (Wildman–Crippen MR) is 60.2 cm³/mol. The third kappa shape index (κ3) is 2.24. The van der Waals surface area contributed by atoms with Crippen molar-refractivity contribution >= 4 is 17.0 Å². The first-order chi connectivity index (χ1) is 7.29. The van der Waals surface area contributed by atoms with E-state index in [4.69, 9.17) is 10.5 Å². The maximum Gasteiger partial charge on any atom is 0.299 e. The fourth-order valence-corrected chi connectivity index (χ4v) is 1.63. The Bertz CT molecular complexity index is 442. The second-order valence-corrected chi connectivity index (χ2v) is 3.83. The Balaban J connectivity index is 2.22. The van der Waals surface area contributed by atoms with Crippen LogP contribution in [0.15, 0.2) is 23.7 Å². The number of ether oxygens (including phenoxy) is 1. The highest BCUT2D eigenvalue weighted by Gasteiger charge is 2.04. The molecule has 5 heteroatoms. The van der Waals surface area contributed by atoms with Crippen LogP contribution in [-0.2, 0) is 6.42 Å². The molecule has 0 unspecified atom stereocenters. The fraction of sp³-hybridized carbons (Fsp3) is 0.200. The fourth-order valence-electron chi connectivity index (χ4n) is 1.21. The van der Waals surface area contributed by atoms with Crippen molar-refractivity contribution in [1.82, 2.24) is 10.2 Å². The number of anilines is 1. The first-order valence-corrected chi connectivity index (χ1v) is 5.50. The Morgan fingerprint density at radius 2 is 2.33 bits per heavy atom. The second-order valence-electron chi connectivity index (χ2n) is 3.03. The molecule has 1 aromatic carbocycles. The molecule has 0 bridgehead atoms. The summed E-state index contributed by atoms with van der Waals surface area (Å²) < 4.78 is 5.47. The number of aromatic nitrogens is 2. The van der Waals surface area contributed by atoms with Crippen molar-refractivity contribution in [2.24, 2.45) is 0 Å². The highest BCUT2D eigenvalue weighted by molar-refractivity contribution is 7.11. The van der Waals surface area contributed by atoms with Crippen LogP contribution in [0.2, 0.25) is 0 Å². The van der Waals surface area contributed by atoms with E-state index in [9.17, 15) is 0 Å². The summed E-state index contributed by atoms with van der Waals surface area (Å²) in [7, 11) is 0. The van der Waals surface area contributed by atoms with Crippen LogP contribution < -0.4 is 10.5 Å². The van der Waals surface area contributed by atoms with Crippen LogP contribution in [0, 0.1) is 0 Å². The van der Waals surface area contributed by atoms with Gasteiger partial charge in [0.1, 0.15) is 5.51 Å². The van der Waals surface area contributed by atoms with Crippen LogP contribution in [0.25, 0.3) is 0 Å². The van der Waals surface area contributed by atoms with E-state index in [1.54, 1.807) is 5.51 Å². The van der Waals surface area contributed by atoms with Crippen molar-refractivity contribution in [1.29, 1.82) is 0 Å². The summed E-state index contributed by atoms with van der Waals surface area (Å²) in [5.41, 5.74) is 9.28. The summed E-state index contributed by atoms with van der Waals surface area (Å²) in [6.45, 7) is 2.08. The van der Waals surface area contributed by atoms with Gasteiger partial charge in [0.25, 0.3) is 5.19 Å². The number of benzene rings is 1. The van der Waals surface area contributed by atoms with E-state index in [1.165, 1.54) is 16.9 Å². The minimum absolute atomic E-state index is 0.506. The molecule has 0 aliphatic heterocycles. The third-order valence-corrected chi connectivity index (χ3v) is 2.59. The molecule has 0 saturated carbocycles. The molecular weight excluding hydrogens is 210 g/mol. The predicted octanol–water partition coefficient (Wildman–Crippen LogP) is 2.48. The number of aryl methyl sites for hydroxylation is 1. The lowest BCUT2D eigenvalue weighted by Gasteiger charge is -2.06. The quantitative estimate of drug-likeness (QED) is 0.809. The van der Waals surface area contributed by atoms with Gasteiger partial charge in [0.05, 0.1) is 5.69 Å². The molecule has 0 fully saturated rings. The van der Waals surface area contributed by atoms with E-state index in [0.717, 1.165) is 6.42 Å². The molecule has 0 aliphatic carbocycles. The van der Waals surface area contributed by atoms with Crippen molar-refractivity contribution < 1.29 is 4.74 Å². The first-order valence-electron chi connectivity index (χ1n) is 4.62. The topological polar surface area (TPSA) is 61.0 Å². The van der Waals surface area contributed by atoms with Gasteiger partial charge < -0.3 is 10.5 Å². The number of hydrogen-bond donors (Lipinski definition) is 1. The number of nitrogens with two attached hydrogens (primary N) is 1. The molecule has 1 heterocycles. The van der Waals surface area contributed by atoms with Crippen LogP contribution in [-0.4, -0.2) is 10.2 Å². The van der Waals surface area contributed by atoms with Gasteiger partial charge in [-0.05, 0) is 24.1 Å². The van der Waals surface area contributed by atoms with Gasteiger partial charge in [-0.15, -0.1) is 5.10 Å². The summed E-state index contributed by atoms with van der Waals surface area (Å²) in [6.07, 6.45) is 0.962. The number of rotatable bonds is 3. The van der Waals surface area contributed by atoms with Crippen LogP contribution in [0.5, 0.6) is 10.9 Å². The lowest BCUT2D eigenvalue weighted by Crippen LogP contribution is -1.93. The summed E-state index contributed by atoms with van der Waals surface area (Å²) in [5, 5.41) is 7.98. The van der Waals surface area contributed by atoms with E-state index in [-0.39, 0.29) is 0 Å². The van der Waals surface area contributed by atoms with E-state index < -0.39 is 0 Å². The van der Waals surface area contributed by atoms with Gasteiger partial charge in [-0.1, -0.05) is 29.4 Å². The summed E-state index contributed by atoms with van der Waals surface area (Å²) in [5.74, 6) is 0.629. The third-order valence-electron chi connectivity index (χ3n) is 2.02. The average Bonchev–Trinajstić information content (AvgIpc) is 2.74. The molecule has 0 spiro atoms. The molecule has 0 atom stereocenters. The lowest BCUT2D eigenvalue weighted by atomic mass is 10.1. The van der Waals surface area contributed by atoms with Crippen molar-refractivity contribution in [2.75, 3.05) is 5.73 Å². The highest BCUT2D eigenvalue weighted by atomic mass is 32.1. The molecule has 0 radical (unpaired) electrons. The molecule has 0 saturated heterocycles. The zero-order valence-electron chi connectivity index (χ0n) is 8.30. The molecular formula is C10H11N3OS. The molecule has 2 N–H and O–H groups in total. The van der Waals surface area contributed by atoms with Gasteiger partial charge in [0.2, 0.25) is 0 Å². The molecule has 2 aromatic rings. The largest absolute Gasteiger partial charge is 0.428 e. The highest BCUT2D eigenvalue weighted by Crippen LogP contribution is 2.28. The molecule has 2 rings (SSSR count). The number of hydrogen-bond acceptors (Lipinski definition) is 5. The molecule has 0 amide bonds. The van der Waals surface area contributed by atoms with Crippen LogP contribution in [0.3, 0.4) is 0 Å². The molecule has 1 aromatic heterocycles. The van der Waals surface area contributed by atoms with Gasteiger partial charge in [0, 0.05) is 0 Å². The van der Waals surface area contributed by atoms with Gasteiger partial charge in [-0.2, -0.15) is 0 Å². The molecule has 0 aliphatic rings. The molecule has 78 valence electrons. The normalized spacial score (nSPS) is 10.2. The maximum atomic E-state index is 5.84. The maximum absolute atomic E-state index is 5.84. The second kappa shape index (κ2) is 4.27. The zero-order chi connectivity index (χ0) is 10.7. The van der Waals surface area contributed by atoms with Gasteiger partial charge in [0.15, 0.2) is 5.75 Å². The van der Waals surface area contributed by atoms with Crippen LogP contribution in [0.4, 0.5) is 5.69 Å². The summed E-state index contributed by atoms with van der Waals surface area (Å²) in [4.78, 5) is 0. The smallest absolute Gasteiger partial charge is 0.299 e. The summed E-state index contributed by atoms with van der Waals surface area (Å²) in [6, 6.07) is 5.76. The van der Waals surface area contributed by atoms with Crippen LogP contribution in [0.1, 0.15) is 12.5 Å². The SMILES string of the molecule is CCc1ccc(Oc2nncs2)c(N)c1. The van der Waals surface area contributed by atoms with E-state index in [0.29, 0.717) is 16.6 Å². The van der Waals surface area contributed by atoms with E-state index in [2.05, 4.69) is 17.1 Å². The van der Waals surface area contributed by atoms with Crippen molar-refractivity contribution in [3.63, 3.8) is 0 Å². The Morgan fingerprint density at radius 1 is 1.47 bits per heavy atom. The van der Waals surface area contributed by atoms with Crippen LogP contribution >= 0.6 is 11.3 Å². The molecule has 4 nitrogen and oxygen atoms in total. The minimum Gasteiger partial charge on any atom is -0.428 e. The first kappa shape index (κ1) is 9.92. The van der Waals surface area contributed by atoms with Gasteiger partial charge in [-0.25, -0.2) is 0 Å². The Hall–Kier alpha value is -1.62. The monoisotopic (exact) mass is 221 g/mol. The summed E-state index contributed by atoms with van der Waals surface area (Å²) >= 11 is 1.34. The Labute approximate surface area is 91.7 Å². The number of nitrogens with zero attached hydrogens (tertiary/aromatic N) is 2. The van der Waals surface area contributed by atoms with Crippen molar-refractivity contribution in [3.8, 4) is 10.9 Å². The Morgan fingerprint density at radius 3 is 2.93 bits per heavy atom. The van der Waals surface area contributed by atoms with E-state index >= 15 is 0 Å². The van der Waals surface area contributed by atoms with Crippen molar-refractivity contribution in [3.05, 3.63) is 29.3 Å². The van der Waals surface area contributed by atoms with E-state index in [1.807, 2.05) is 18.2 Å². The molecule has 15 heavy (non-hydrogen) atoms. The Kier molecular flexibility index (Phi) is 2.82. The minimum atomic E-state index is 0.506.